The molecular formula is C21H19ClN2O3. The van der Waals surface area contributed by atoms with Gasteiger partial charge in [0.2, 0.25) is 0 Å². The number of hydrogen-bond donors (Lipinski definition) is 1. The molecule has 0 saturated heterocycles. The van der Waals surface area contributed by atoms with Crippen LogP contribution in [0.5, 0.6) is 5.75 Å². The number of halogens is 1. The summed E-state index contributed by atoms with van der Waals surface area (Å²) >= 11 is 5.89. The molecule has 0 spiro atoms. The van der Waals surface area contributed by atoms with E-state index in [2.05, 4.69) is 10.5 Å². The Kier molecular flexibility index (Phi) is 6.28. The molecule has 0 aliphatic rings. The Morgan fingerprint density at radius 1 is 1.11 bits per heavy atom. The van der Waals surface area contributed by atoms with Crippen molar-refractivity contribution in [3.05, 3.63) is 77.0 Å². The molecule has 1 N–H and O–H groups in total. The summed E-state index contributed by atoms with van der Waals surface area (Å²) in [7, 11) is 0. The lowest BCUT2D eigenvalue weighted by molar-refractivity contribution is 0.0955. The first-order chi connectivity index (χ1) is 13.2. The standard InChI is InChI=1S/C21H19ClN2O3/c1-2-13-26-18-9-5-16(6-10-18)21(25)24-23-14-19-11-12-20(27-19)15-3-7-17(22)8-4-15/h3-12,14H,2,13H2,1H3,(H,24,25)/b23-14-. The van der Waals surface area contributed by atoms with E-state index in [1.165, 1.54) is 6.21 Å². The second-order valence-electron chi connectivity index (χ2n) is 5.78. The lowest BCUT2D eigenvalue weighted by Gasteiger charge is -2.05. The Balaban J connectivity index is 1.57. The fraction of sp³-hybridized carbons (Fsp3) is 0.143. The number of ether oxygens (including phenoxy) is 1. The third-order valence-electron chi connectivity index (χ3n) is 3.70. The van der Waals surface area contributed by atoms with Crippen molar-refractivity contribution in [1.82, 2.24) is 5.43 Å². The van der Waals surface area contributed by atoms with Gasteiger partial charge in [0, 0.05) is 16.1 Å². The molecule has 1 aromatic heterocycles. The maximum Gasteiger partial charge on any atom is 0.271 e. The third-order valence-corrected chi connectivity index (χ3v) is 3.95. The number of hydrogen-bond acceptors (Lipinski definition) is 4. The quantitative estimate of drug-likeness (QED) is 0.454. The fourth-order valence-corrected chi connectivity index (χ4v) is 2.46. The maximum absolute atomic E-state index is 12.1. The molecule has 27 heavy (non-hydrogen) atoms. The number of carbonyl (C=O) groups is 1. The van der Waals surface area contributed by atoms with E-state index >= 15 is 0 Å². The summed E-state index contributed by atoms with van der Waals surface area (Å²) in [6.45, 7) is 2.69. The van der Waals surface area contributed by atoms with Crippen LogP contribution in [0.25, 0.3) is 11.3 Å². The Hall–Kier alpha value is -3.05. The second kappa shape index (κ2) is 9.05. The van der Waals surface area contributed by atoms with Gasteiger partial charge in [-0.1, -0.05) is 18.5 Å². The summed E-state index contributed by atoms with van der Waals surface area (Å²) in [4.78, 5) is 12.1. The van der Waals surface area contributed by atoms with Gasteiger partial charge in [0.1, 0.15) is 17.3 Å². The van der Waals surface area contributed by atoms with Crippen LogP contribution in [-0.4, -0.2) is 18.7 Å². The Labute approximate surface area is 162 Å². The molecule has 0 saturated carbocycles. The van der Waals surface area contributed by atoms with Gasteiger partial charge in [-0.15, -0.1) is 0 Å². The van der Waals surface area contributed by atoms with E-state index in [9.17, 15) is 4.79 Å². The Morgan fingerprint density at radius 2 is 1.85 bits per heavy atom. The largest absolute Gasteiger partial charge is 0.494 e. The lowest BCUT2D eigenvalue weighted by Crippen LogP contribution is -2.17. The number of benzene rings is 2. The van der Waals surface area contributed by atoms with Gasteiger partial charge in [0.15, 0.2) is 0 Å². The van der Waals surface area contributed by atoms with Gasteiger partial charge in [-0.25, -0.2) is 5.43 Å². The topological polar surface area (TPSA) is 63.8 Å². The number of nitrogens with zero attached hydrogens (tertiary/aromatic N) is 1. The van der Waals surface area contributed by atoms with Gasteiger partial charge in [-0.05, 0) is 67.1 Å². The number of rotatable bonds is 7. The van der Waals surface area contributed by atoms with E-state index < -0.39 is 0 Å². The molecule has 0 fully saturated rings. The van der Waals surface area contributed by atoms with Crippen LogP contribution in [0.1, 0.15) is 29.5 Å². The first-order valence-electron chi connectivity index (χ1n) is 8.58. The van der Waals surface area contributed by atoms with Crippen molar-refractivity contribution < 1.29 is 13.9 Å². The van der Waals surface area contributed by atoms with E-state index in [0.717, 1.165) is 17.7 Å². The predicted molar refractivity (Wildman–Crippen MR) is 106 cm³/mol. The fourth-order valence-electron chi connectivity index (χ4n) is 2.33. The summed E-state index contributed by atoms with van der Waals surface area (Å²) in [5.41, 5.74) is 3.89. The zero-order valence-electron chi connectivity index (χ0n) is 14.8. The Morgan fingerprint density at radius 3 is 2.56 bits per heavy atom. The highest BCUT2D eigenvalue weighted by Crippen LogP contribution is 2.23. The molecule has 2 aromatic carbocycles. The normalized spacial score (nSPS) is 10.9. The van der Waals surface area contributed by atoms with Gasteiger partial charge in [0.25, 0.3) is 5.91 Å². The molecule has 0 aliphatic carbocycles. The summed E-state index contributed by atoms with van der Waals surface area (Å²) in [6, 6.07) is 17.9. The van der Waals surface area contributed by atoms with Gasteiger partial charge in [-0.2, -0.15) is 5.10 Å². The molecule has 5 nitrogen and oxygen atoms in total. The van der Waals surface area contributed by atoms with Crippen LogP contribution in [0.2, 0.25) is 5.02 Å². The Bertz CT molecular complexity index is 915. The minimum atomic E-state index is -0.308. The molecule has 0 aliphatic heterocycles. The molecular weight excluding hydrogens is 364 g/mol. The lowest BCUT2D eigenvalue weighted by atomic mass is 10.2. The summed E-state index contributed by atoms with van der Waals surface area (Å²) in [5, 5.41) is 4.61. The van der Waals surface area contributed by atoms with Crippen LogP contribution < -0.4 is 10.2 Å². The number of carbonyl (C=O) groups excluding carboxylic acids is 1. The van der Waals surface area contributed by atoms with Crippen molar-refractivity contribution in [1.29, 1.82) is 0 Å². The van der Waals surface area contributed by atoms with E-state index in [1.807, 2.05) is 25.1 Å². The van der Waals surface area contributed by atoms with Crippen LogP contribution in [0.3, 0.4) is 0 Å². The number of amides is 1. The molecule has 0 atom stereocenters. The first-order valence-corrected chi connectivity index (χ1v) is 8.95. The molecule has 6 heteroatoms. The van der Waals surface area contributed by atoms with Crippen molar-refractivity contribution >= 4 is 23.7 Å². The van der Waals surface area contributed by atoms with E-state index in [-0.39, 0.29) is 5.91 Å². The minimum absolute atomic E-state index is 0.308. The summed E-state index contributed by atoms with van der Waals surface area (Å²) in [5.74, 6) is 1.66. The number of hydrazone groups is 1. The molecule has 0 radical (unpaired) electrons. The van der Waals surface area contributed by atoms with Gasteiger partial charge in [0.05, 0.1) is 12.8 Å². The zero-order chi connectivity index (χ0) is 19.1. The predicted octanol–water partition coefficient (Wildman–Crippen LogP) is 5.15. The van der Waals surface area contributed by atoms with Crippen molar-refractivity contribution in [2.45, 2.75) is 13.3 Å². The van der Waals surface area contributed by atoms with Crippen molar-refractivity contribution in [2.75, 3.05) is 6.61 Å². The van der Waals surface area contributed by atoms with Crippen LogP contribution in [0, 0.1) is 0 Å². The van der Waals surface area contributed by atoms with Crippen molar-refractivity contribution in [3.8, 4) is 17.1 Å². The van der Waals surface area contributed by atoms with Gasteiger partial charge >= 0.3 is 0 Å². The molecule has 1 heterocycles. The minimum Gasteiger partial charge on any atom is -0.494 e. The average molecular weight is 383 g/mol. The molecule has 0 unspecified atom stereocenters. The van der Waals surface area contributed by atoms with Crippen LogP contribution in [0.4, 0.5) is 0 Å². The molecule has 3 aromatic rings. The number of furan rings is 1. The summed E-state index contributed by atoms with van der Waals surface area (Å²) in [6.07, 6.45) is 2.39. The van der Waals surface area contributed by atoms with Crippen LogP contribution in [-0.2, 0) is 0 Å². The molecule has 138 valence electrons. The first kappa shape index (κ1) is 18.7. The van der Waals surface area contributed by atoms with Crippen LogP contribution in [0.15, 0.2) is 70.2 Å². The highest BCUT2D eigenvalue weighted by atomic mass is 35.5. The zero-order valence-corrected chi connectivity index (χ0v) is 15.6. The highest BCUT2D eigenvalue weighted by Gasteiger charge is 2.06. The van der Waals surface area contributed by atoms with Crippen molar-refractivity contribution in [3.63, 3.8) is 0 Å². The van der Waals surface area contributed by atoms with Crippen LogP contribution >= 0.6 is 11.6 Å². The van der Waals surface area contributed by atoms with Gasteiger partial charge < -0.3 is 9.15 Å². The third kappa shape index (κ3) is 5.21. The van der Waals surface area contributed by atoms with Crippen molar-refractivity contribution in [2.24, 2.45) is 5.10 Å². The average Bonchev–Trinajstić information content (AvgIpc) is 3.16. The van der Waals surface area contributed by atoms with E-state index in [1.54, 1.807) is 42.5 Å². The van der Waals surface area contributed by atoms with Gasteiger partial charge in [-0.3, -0.25) is 4.79 Å². The SMILES string of the molecule is CCCOc1ccc(C(=O)N/N=C\c2ccc(-c3ccc(Cl)cc3)o2)cc1. The number of nitrogens with one attached hydrogen (secondary N) is 1. The molecule has 1 amide bonds. The second-order valence-corrected chi connectivity index (χ2v) is 6.22. The summed E-state index contributed by atoms with van der Waals surface area (Å²) < 4.78 is 11.2. The molecule has 0 bridgehead atoms. The highest BCUT2D eigenvalue weighted by molar-refractivity contribution is 6.30. The maximum atomic E-state index is 12.1. The van der Waals surface area contributed by atoms with E-state index in [0.29, 0.717) is 28.7 Å². The molecule has 3 rings (SSSR count). The monoisotopic (exact) mass is 382 g/mol. The smallest absolute Gasteiger partial charge is 0.271 e. The van der Waals surface area contributed by atoms with E-state index in [4.69, 9.17) is 20.8 Å².